The molecule has 0 amide bonds. The van der Waals surface area contributed by atoms with Gasteiger partial charge in [0.1, 0.15) is 14.1 Å². The van der Waals surface area contributed by atoms with Crippen molar-refractivity contribution < 1.29 is 85.5 Å². The monoisotopic (exact) mass is 776 g/mol. The van der Waals surface area contributed by atoms with Crippen molar-refractivity contribution in [2.24, 2.45) is 14.1 Å². The molecule has 0 aliphatic carbocycles. The molecule has 2 heterocycles. The molecule has 40 heavy (non-hydrogen) atoms. The van der Waals surface area contributed by atoms with E-state index in [1.54, 1.807) is 42.7 Å². The van der Waals surface area contributed by atoms with Crippen LogP contribution in [-0.4, -0.2) is 42.7 Å². The zero-order valence-corrected chi connectivity index (χ0v) is 28.7. The summed E-state index contributed by atoms with van der Waals surface area (Å²) >= 11 is 0. The molecule has 0 N–H and O–H groups in total. The van der Waals surface area contributed by atoms with Crippen molar-refractivity contribution in [3.8, 4) is 34.5 Å². The van der Waals surface area contributed by atoms with Crippen LogP contribution in [0.4, 0.5) is 0 Å². The van der Waals surface area contributed by atoms with Crippen molar-refractivity contribution in [2.75, 3.05) is 42.7 Å². The van der Waals surface area contributed by atoms with Crippen LogP contribution in [0.15, 0.2) is 36.7 Å². The first kappa shape index (κ1) is 33.7. The van der Waals surface area contributed by atoms with Crippen molar-refractivity contribution in [3.05, 3.63) is 48.0 Å². The van der Waals surface area contributed by atoms with Crippen LogP contribution in [0.1, 0.15) is 24.2 Å². The summed E-state index contributed by atoms with van der Waals surface area (Å²) in [6.07, 6.45) is 7.88. The number of aromatic nitrogens is 2. The highest BCUT2D eigenvalue weighted by molar-refractivity contribution is 5.95. The van der Waals surface area contributed by atoms with E-state index < -0.39 is 0 Å². The Labute approximate surface area is 270 Å². The summed E-state index contributed by atoms with van der Waals surface area (Å²) in [4.78, 5) is 0. The molecule has 218 valence electrons. The van der Waals surface area contributed by atoms with Gasteiger partial charge in [0.05, 0.1) is 53.4 Å². The topological polar surface area (TPSA) is 63.1 Å². The summed E-state index contributed by atoms with van der Waals surface area (Å²) in [5.41, 5.74) is 2.37. The fraction of sp³-hybridized carbons (Fsp3) is 0.400. The van der Waals surface area contributed by atoms with E-state index in [9.17, 15) is 0 Å². The van der Waals surface area contributed by atoms with Crippen LogP contribution in [0, 0.1) is 0 Å². The lowest BCUT2D eigenvalue weighted by Crippen LogP contribution is -3.00. The van der Waals surface area contributed by atoms with Crippen LogP contribution in [0.3, 0.4) is 0 Å². The molecule has 0 radical (unpaired) electrons. The van der Waals surface area contributed by atoms with Gasteiger partial charge in [-0.25, -0.2) is 9.13 Å². The number of nitrogens with zero attached hydrogens (tertiary/aromatic N) is 2. The number of fused-ring (bicyclic) bond motifs is 2. The number of hydrogen-bond donors (Lipinski definition) is 0. The minimum Gasteiger partial charge on any atom is -1.00 e. The number of methoxy groups -OCH3 is 6. The smallest absolute Gasteiger partial charge is 0.204 e. The van der Waals surface area contributed by atoms with Crippen molar-refractivity contribution in [1.29, 1.82) is 0 Å². The van der Waals surface area contributed by atoms with Gasteiger partial charge in [0.2, 0.25) is 11.5 Å². The minimum atomic E-state index is 0. The Morgan fingerprint density at radius 3 is 1.18 bits per heavy atom. The van der Waals surface area contributed by atoms with Crippen molar-refractivity contribution >= 4 is 21.5 Å². The summed E-state index contributed by atoms with van der Waals surface area (Å²) < 4.78 is 38.4. The standard InChI is InChI=1S/C30H38N2O6.2HI/c1-31-15-13-19-17-23(33-3)27(35-5)29(37-7)25(19)21(31)11-9-10-12-22-26-20(14-16-32(22)2)18-24(34-4)28(36-6)30(26)38-8;;/h13-18H,9-12H2,1-8H3;2*1H/q+2;;/p-2. The molecule has 0 bridgehead atoms. The predicted molar refractivity (Wildman–Crippen MR) is 146 cm³/mol. The van der Waals surface area contributed by atoms with E-state index >= 15 is 0 Å². The first-order chi connectivity index (χ1) is 18.4. The molecular formula is C30H38I2N2O6. The normalized spacial score (nSPS) is 10.5. The molecule has 8 nitrogen and oxygen atoms in total. The Morgan fingerprint density at radius 2 is 0.875 bits per heavy atom. The summed E-state index contributed by atoms with van der Waals surface area (Å²) in [6, 6.07) is 8.16. The van der Waals surface area contributed by atoms with Gasteiger partial charge in [-0.15, -0.1) is 0 Å². The number of unbranched alkanes of at least 4 members (excludes halogenated alkanes) is 1. The van der Waals surface area contributed by atoms with Crippen LogP contribution in [0.5, 0.6) is 34.5 Å². The quantitative estimate of drug-likeness (QED) is 0.103. The van der Waals surface area contributed by atoms with E-state index in [2.05, 4.69) is 47.8 Å². The third-order valence-electron chi connectivity index (χ3n) is 7.18. The van der Waals surface area contributed by atoms with Crippen molar-refractivity contribution in [2.45, 2.75) is 25.7 Å². The van der Waals surface area contributed by atoms with Crippen LogP contribution >= 0.6 is 0 Å². The highest BCUT2D eigenvalue weighted by Crippen LogP contribution is 2.45. The highest BCUT2D eigenvalue weighted by atomic mass is 127. The van der Waals surface area contributed by atoms with E-state index in [0.717, 1.165) is 47.2 Å². The second-order valence-corrected chi connectivity index (χ2v) is 9.17. The molecule has 2 aromatic heterocycles. The van der Waals surface area contributed by atoms with Gasteiger partial charge < -0.3 is 76.4 Å². The molecule has 0 aliphatic heterocycles. The van der Waals surface area contributed by atoms with Crippen LogP contribution in [-0.2, 0) is 26.9 Å². The number of rotatable bonds is 11. The molecule has 2 aromatic carbocycles. The van der Waals surface area contributed by atoms with Gasteiger partial charge in [-0.05, 0) is 25.0 Å². The highest BCUT2D eigenvalue weighted by Gasteiger charge is 2.25. The molecule has 0 spiro atoms. The molecule has 4 rings (SSSR count). The lowest BCUT2D eigenvalue weighted by Gasteiger charge is -2.16. The van der Waals surface area contributed by atoms with E-state index in [1.165, 1.54) is 11.4 Å². The summed E-state index contributed by atoms with van der Waals surface area (Å²) in [6.45, 7) is 0. The largest absolute Gasteiger partial charge is 1.00 e. The fourth-order valence-corrected chi connectivity index (χ4v) is 5.31. The molecule has 4 aromatic rings. The van der Waals surface area contributed by atoms with Gasteiger partial charge in [-0.3, -0.25) is 0 Å². The number of halogens is 2. The molecule has 0 saturated heterocycles. The van der Waals surface area contributed by atoms with Crippen molar-refractivity contribution in [3.63, 3.8) is 0 Å². The lowest BCUT2D eigenvalue weighted by atomic mass is 10.00. The van der Waals surface area contributed by atoms with E-state index in [0.29, 0.717) is 34.5 Å². The van der Waals surface area contributed by atoms with Crippen LogP contribution < -0.4 is 85.5 Å². The van der Waals surface area contributed by atoms with E-state index in [4.69, 9.17) is 28.4 Å². The molecular weight excluding hydrogens is 738 g/mol. The van der Waals surface area contributed by atoms with Crippen LogP contribution in [0.25, 0.3) is 21.5 Å². The van der Waals surface area contributed by atoms with Gasteiger partial charge in [-0.1, -0.05) is 0 Å². The minimum absolute atomic E-state index is 0. The average molecular weight is 776 g/mol. The van der Waals surface area contributed by atoms with Gasteiger partial charge in [0.25, 0.3) is 0 Å². The first-order valence-corrected chi connectivity index (χ1v) is 12.6. The van der Waals surface area contributed by atoms with E-state index in [1.807, 2.05) is 12.1 Å². The number of pyridine rings is 2. The van der Waals surface area contributed by atoms with Crippen molar-refractivity contribution in [1.82, 2.24) is 0 Å². The number of aryl methyl sites for hydroxylation is 4. The Bertz CT molecular complexity index is 1370. The van der Waals surface area contributed by atoms with Crippen LogP contribution in [0.2, 0.25) is 0 Å². The van der Waals surface area contributed by atoms with Gasteiger partial charge >= 0.3 is 0 Å². The zero-order chi connectivity index (χ0) is 27.4. The van der Waals surface area contributed by atoms with Gasteiger partial charge in [0.15, 0.2) is 46.8 Å². The second-order valence-electron chi connectivity index (χ2n) is 9.17. The third kappa shape index (κ3) is 6.22. The van der Waals surface area contributed by atoms with Gasteiger partial charge in [-0.2, -0.15) is 0 Å². The Balaban J connectivity index is 0.00000280. The Morgan fingerprint density at radius 1 is 0.525 bits per heavy atom. The Hall–Kier alpha value is -2.48. The lowest BCUT2D eigenvalue weighted by molar-refractivity contribution is -0.678. The molecule has 10 heteroatoms. The Kier molecular flexibility index (Phi) is 12.6. The SMILES string of the molecule is COc1cc2cc[n+](C)c(CCCCc3c4c(OC)c(OC)c(OC)cc4cc[n+]3C)c2c(OC)c1OC.[I-].[I-]. The number of benzene rings is 2. The average Bonchev–Trinajstić information content (AvgIpc) is 2.94. The van der Waals surface area contributed by atoms with Gasteiger partial charge in [0, 0.05) is 35.7 Å². The first-order valence-electron chi connectivity index (χ1n) is 12.6. The molecule has 0 unspecified atom stereocenters. The maximum absolute atomic E-state index is 5.84. The number of ether oxygens (including phenoxy) is 6. The second kappa shape index (κ2) is 14.9. The summed E-state index contributed by atoms with van der Waals surface area (Å²) in [7, 11) is 14.0. The summed E-state index contributed by atoms with van der Waals surface area (Å²) in [5.74, 6) is 3.91. The number of hydrogen-bond acceptors (Lipinski definition) is 6. The maximum Gasteiger partial charge on any atom is 0.204 e. The van der Waals surface area contributed by atoms with E-state index in [-0.39, 0.29) is 48.0 Å². The zero-order valence-electron chi connectivity index (χ0n) is 24.4. The summed E-state index contributed by atoms with van der Waals surface area (Å²) in [5, 5.41) is 4.20. The predicted octanol–water partition coefficient (Wildman–Crippen LogP) is -1.73. The molecule has 0 atom stereocenters. The molecule has 0 saturated carbocycles. The maximum atomic E-state index is 5.84. The molecule has 0 aliphatic rings. The molecule has 0 fully saturated rings. The third-order valence-corrected chi connectivity index (χ3v) is 7.18. The fourth-order valence-electron chi connectivity index (χ4n) is 5.31.